The fraction of sp³-hybridized carbons (Fsp3) is 0.250. The molecule has 0 aliphatic rings. The first kappa shape index (κ1) is 15.0. The topological polar surface area (TPSA) is 44.5 Å². The van der Waals surface area contributed by atoms with Crippen molar-refractivity contribution in [2.75, 3.05) is 7.11 Å². The van der Waals surface area contributed by atoms with Crippen molar-refractivity contribution in [3.63, 3.8) is 0 Å². The van der Waals surface area contributed by atoms with Gasteiger partial charge in [0.2, 0.25) is 0 Å². The Bertz CT molecular complexity index is 572. The Morgan fingerprint density at radius 2 is 1.80 bits per heavy atom. The van der Waals surface area contributed by atoms with Gasteiger partial charge in [-0.2, -0.15) is 0 Å². The molecule has 0 amide bonds. The molecule has 0 atom stereocenters. The molecule has 0 unspecified atom stereocenters. The van der Waals surface area contributed by atoms with Gasteiger partial charge < -0.3 is 15.2 Å². The van der Waals surface area contributed by atoms with Crippen molar-refractivity contribution in [1.29, 1.82) is 0 Å². The van der Waals surface area contributed by atoms with Crippen LogP contribution in [0, 0.1) is 0 Å². The van der Waals surface area contributed by atoms with E-state index >= 15 is 0 Å². The number of halogens is 1. The molecule has 3 nitrogen and oxygen atoms in total. The predicted octanol–water partition coefficient (Wildman–Crippen LogP) is 3.63. The van der Waals surface area contributed by atoms with Gasteiger partial charge in [0, 0.05) is 16.6 Å². The van der Waals surface area contributed by atoms with Gasteiger partial charge in [-0.1, -0.05) is 40.2 Å². The molecule has 0 radical (unpaired) electrons. The summed E-state index contributed by atoms with van der Waals surface area (Å²) < 4.78 is 12.1. The Hall–Kier alpha value is -1.36. The second-order valence-electron chi connectivity index (χ2n) is 4.47. The van der Waals surface area contributed by atoms with E-state index in [0.717, 1.165) is 26.9 Å². The van der Waals surface area contributed by atoms with Gasteiger partial charge in [0.1, 0.15) is 5.75 Å². The minimum absolute atomic E-state index is 0.475. The quantitative estimate of drug-likeness (QED) is 0.876. The molecule has 0 spiro atoms. The summed E-state index contributed by atoms with van der Waals surface area (Å²) in [5.41, 5.74) is 8.88. The number of rotatable bonds is 6. The van der Waals surface area contributed by atoms with Gasteiger partial charge in [-0.3, -0.25) is 0 Å². The zero-order valence-electron chi connectivity index (χ0n) is 11.4. The van der Waals surface area contributed by atoms with Crippen LogP contribution in [0.5, 0.6) is 5.75 Å². The minimum atomic E-state index is 0.475. The Balaban J connectivity index is 1.94. The highest BCUT2D eigenvalue weighted by Crippen LogP contribution is 2.20. The lowest BCUT2D eigenvalue weighted by molar-refractivity contribution is 0.107. The molecule has 0 aromatic heterocycles. The molecule has 2 N–H and O–H groups in total. The summed E-state index contributed by atoms with van der Waals surface area (Å²) in [4.78, 5) is 0. The first-order valence-electron chi connectivity index (χ1n) is 6.41. The molecule has 0 aliphatic carbocycles. The maximum absolute atomic E-state index is 5.73. The third-order valence-electron chi connectivity index (χ3n) is 3.00. The summed E-state index contributed by atoms with van der Waals surface area (Å²) >= 11 is 3.45. The average Bonchev–Trinajstić information content (AvgIpc) is 2.47. The molecule has 2 aromatic rings. The monoisotopic (exact) mass is 335 g/mol. The van der Waals surface area contributed by atoms with E-state index in [1.807, 2.05) is 36.4 Å². The van der Waals surface area contributed by atoms with Crippen molar-refractivity contribution in [3.8, 4) is 5.75 Å². The van der Waals surface area contributed by atoms with Crippen LogP contribution < -0.4 is 10.5 Å². The van der Waals surface area contributed by atoms with Gasteiger partial charge >= 0.3 is 0 Å². The van der Waals surface area contributed by atoms with Crippen LogP contribution in [0.15, 0.2) is 46.9 Å². The Morgan fingerprint density at radius 1 is 1.05 bits per heavy atom. The van der Waals surface area contributed by atoms with Gasteiger partial charge in [-0.15, -0.1) is 0 Å². The highest BCUT2D eigenvalue weighted by molar-refractivity contribution is 9.10. The Kier molecular flexibility index (Phi) is 5.59. The maximum Gasteiger partial charge on any atom is 0.123 e. The van der Waals surface area contributed by atoms with Crippen LogP contribution in [-0.4, -0.2) is 7.11 Å². The summed E-state index contributed by atoms with van der Waals surface area (Å²) in [6.45, 7) is 1.61. The summed E-state index contributed by atoms with van der Waals surface area (Å²) in [6.07, 6.45) is 0. The molecule has 2 rings (SSSR count). The minimum Gasteiger partial charge on any atom is -0.496 e. The summed E-state index contributed by atoms with van der Waals surface area (Å²) in [7, 11) is 1.65. The third kappa shape index (κ3) is 4.07. The smallest absolute Gasteiger partial charge is 0.123 e. The number of hydrogen-bond acceptors (Lipinski definition) is 3. The molecule has 4 heteroatoms. The SMILES string of the molecule is COc1cc(COCc2cccc(Br)c2)ccc1CN. The summed E-state index contributed by atoms with van der Waals surface area (Å²) in [6, 6.07) is 14.1. The van der Waals surface area contributed by atoms with Crippen molar-refractivity contribution < 1.29 is 9.47 Å². The average molecular weight is 336 g/mol. The molecule has 106 valence electrons. The van der Waals surface area contributed by atoms with Crippen LogP contribution in [0.1, 0.15) is 16.7 Å². The molecule has 0 aliphatic heterocycles. The van der Waals surface area contributed by atoms with Crippen LogP contribution >= 0.6 is 15.9 Å². The van der Waals surface area contributed by atoms with Crippen LogP contribution in [0.3, 0.4) is 0 Å². The highest BCUT2D eigenvalue weighted by atomic mass is 79.9. The zero-order chi connectivity index (χ0) is 14.4. The third-order valence-corrected chi connectivity index (χ3v) is 3.49. The van der Waals surface area contributed by atoms with Gasteiger partial charge in [0.05, 0.1) is 20.3 Å². The number of methoxy groups -OCH3 is 1. The van der Waals surface area contributed by atoms with E-state index < -0.39 is 0 Å². The number of nitrogens with two attached hydrogens (primary N) is 1. The van der Waals surface area contributed by atoms with Gasteiger partial charge in [0.15, 0.2) is 0 Å². The number of ether oxygens (including phenoxy) is 2. The second-order valence-corrected chi connectivity index (χ2v) is 5.39. The van der Waals surface area contributed by atoms with Gasteiger partial charge in [-0.25, -0.2) is 0 Å². The maximum atomic E-state index is 5.73. The lowest BCUT2D eigenvalue weighted by atomic mass is 10.1. The number of benzene rings is 2. The van der Waals surface area contributed by atoms with Crippen LogP contribution in [0.2, 0.25) is 0 Å². The van der Waals surface area contributed by atoms with E-state index in [1.54, 1.807) is 7.11 Å². The summed E-state index contributed by atoms with van der Waals surface area (Å²) in [5, 5.41) is 0. The molecule has 20 heavy (non-hydrogen) atoms. The molecule has 0 bridgehead atoms. The standard InChI is InChI=1S/C16H18BrNO2/c1-19-16-8-13(5-6-14(16)9-18)11-20-10-12-3-2-4-15(17)7-12/h2-8H,9-11,18H2,1H3. The van der Waals surface area contributed by atoms with Crippen molar-refractivity contribution in [1.82, 2.24) is 0 Å². The fourth-order valence-corrected chi connectivity index (χ4v) is 2.41. The molecular formula is C16H18BrNO2. The molecule has 2 aromatic carbocycles. The summed E-state index contributed by atoms with van der Waals surface area (Å²) in [5.74, 6) is 0.816. The van der Waals surface area contributed by atoms with E-state index in [4.69, 9.17) is 15.2 Å². The highest BCUT2D eigenvalue weighted by Gasteiger charge is 2.03. The van der Waals surface area contributed by atoms with Gasteiger partial charge in [0.25, 0.3) is 0 Å². The van der Waals surface area contributed by atoms with Crippen LogP contribution in [0.4, 0.5) is 0 Å². The number of hydrogen-bond donors (Lipinski definition) is 1. The van der Waals surface area contributed by atoms with Crippen LogP contribution in [-0.2, 0) is 24.5 Å². The lowest BCUT2D eigenvalue weighted by Gasteiger charge is -2.10. The second kappa shape index (κ2) is 7.43. The van der Waals surface area contributed by atoms with Crippen molar-refractivity contribution in [2.24, 2.45) is 5.73 Å². The van der Waals surface area contributed by atoms with E-state index in [2.05, 4.69) is 22.0 Å². The Labute approximate surface area is 127 Å². The van der Waals surface area contributed by atoms with E-state index in [1.165, 1.54) is 0 Å². The predicted molar refractivity (Wildman–Crippen MR) is 83.5 cm³/mol. The van der Waals surface area contributed by atoms with Crippen LogP contribution in [0.25, 0.3) is 0 Å². The lowest BCUT2D eigenvalue weighted by Crippen LogP contribution is -2.01. The van der Waals surface area contributed by atoms with E-state index in [0.29, 0.717) is 19.8 Å². The molecule has 0 saturated heterocycles. The van der Waals surface area contributed by atoms with Crippen molar-refractivity contribution in [3.05, 3.63) is 63.6 Å². The fourth-order valence-electron chi connectivity index (χ4n) is 1.96. The molecule has 0 heterocycles. The van der Waals surface area contributed by atoms with E-state index in [-0.39, 0.29) is 0 Å². The van der Waals surface area contributed by atoms with Crippen molar-refractivity contribution >= 4 is 15.9 Å². The first-order chi connectivity index (χ1) is 9.72. The molecule has 0 fully saturated rings. The van der Waals surface area contributed by atoms with Crippen molar-refractivity contribution in [2.45, 2.75) is 19.8 Å². The Morgan fingerprint density at radius 3 is 2.45 bits per heavy atom. The van der Waals surface area contributed by atoms with E-state index in [9.17, 15) is 0 Å². The van der Waals surface area contributed by atoms with Gasteiger partial charge in [-0.05, 0) is 29.3 Å². The molecule has 0 saturated carbocycles. The molecular weight excluding hydrogens is 318 g/mol. The zero-order valence-corrected chi connectivity index (χ0v) is 13.0. The normalized spacial score (nSPS) is 10.6. The first-order valence-corrected chi connectivity index (χ1v) is 7.20. The largest absolute Gasteiger partial charge is 0.496 e.